The van der Waals surface area contributed by atoms with Gasteiger partial charge in [0.1, 0.15) is 17.6 Å². The lowest BCUT2D eigenvalue weighted by Crippen LogP contribution is -2.60. The average Bonchev–Trinajstić information content (AvgIpc) is 3.33. The summed E-state index contributed by atoms with van der Waals surface area (Å²) >= 11 is 0. The van der Waals surface area contributed by atoms with Crippen LogP contribution in [-0.4, -0.2) is 81.8 Å². The maximum atomic E-state index is 14.1. The minimum atomic E-state index is -1.14. The average molecular weight is 477 g/mol. The van der Waals surface area contributed by atoms with Crippen LogP contribution >= 0.6 is 0 Å². The molecule has 0 aromatic heterocycles. The quantitative estimate of drug-likeness (QED) is 0.279. The van der Waals surface area contributed by atoms with Crippen LogP contribution in [0.25, 0.3) is 0 Å². The number of aliphatic hydroxyl groups is 1. The Balaban J connectivity index is 2.11. The molecule has 3 aliphatic heterocycles. The van der Waals surface area contributed by atoms with Crippen LogP contribution in [0.2, 0.25) is 0 Å². The van der Waals surface area contributed by atoms with Crippen molar-refractivity contribution in [2.24, 2.45) is 17.8 Å². The Labute approximate surface area is 202 Å². The molecule has 2 amide bonds. The lowest BCUT2D eigenvalue weighted by atomic mass is 9.66. The predicted molar refractivity (Wildman–Crippen MR) is 128 cm³/mol. The molecule has 1 spiro atoms. The van der Waals surface area contributed by atoms with Crippen LogP contribution in [-0.2, 0) is 23.9 Å². The van der Waals surface area contributed by atoms with Crippen molar-refractivity contribution in [1.82, 2.24) is 9.80 Å². The molecule has 0 saturated carbocycles. The fraction of sp³-hybridized carbons (Fsp3) is 0.731. The second-order valence-electron chi connectivity index (χ2n) is 10.6. The summed E-state index contributed by atoms with van der Waals surface area (Å²) in [5.41, 5.74) is -2.02. The Kier molecular flexibility index (Phi) is 7.63. The van der Waals surface area contributed by atoms with Crippen molar-refractivity contribution in [3.05, 3.63) is 25.3 Å². The molecule has 3 fully saturated rings. The van der Waals surface area contributed by atoms with Gasteiger partial charge in [-0.15, -0.1) is 13.2 Å². The lowest BCUT2D eigenvalue weighted by Gasteiger charge is -2.41. The van der Waals surface area contributed by atoms with E-state index in [1.165, 1.54) is 4.90 Å². The van der Waals surface area contributed by atoms with Crippen LogP contribution < -0.4 is 0 Å². The molecule has 190 valence electrons. The van der Waals surface area contributed by atoms with Crippen molar-refractivity contribution in [2.75, 3.05) is 19.8 Å². The molecule has 1 N–H and O–H groups in total. The highest BCUT2D eigenvalue weighted by atomic mass is 16.6. The molecule has 3 rings (SSSR count). The number of hydrogen-bond donors (Lipinski definition) is 1. The SMILES string of the molecule is C=CCCOC(=O)[C@H]1[C@H]2C(=O)N([C@@H](CO)C(C)C)C(C(=O)N(CC=C)C(C)C)C23CC[C@]1(C)O3. The Hall–Kier alpha value is -2.19. The molecular weight excluding hydrogens is 436 g/mol. The van der Waals surface area contributed by atoms with Crippen molar-refractivity contribution in [1.29, 1.82) is 0 Å². The highest BCUT2D eigenvalue weighted by Crippen LogP contribution is 2.64. The molecule has 3 heterocycles. The summed E-state index contributed by atoms with van der Waals surface area (Å²) in [7, 11) is 0. The lowest BCUT2D eigenvalue weighted by molar-refractivity contribution is -0.162. The van der Waals surface area contributed by atoms with Crippen molar-refractivity contribution in [3.63, 3.8) is 0 Å². The Bertz CT molecular complexity index is 841. The molecule has 34 heavy (non-hydrogen) atoms. The Morgan fingerprint density at radius 1 is 1.26 bits per heavy atom. The number of carbonyl (C=O) groups excluding carboxylic acids is 3. The third-order valence-electron chi connectivity index (χ3n) is 7.81. The first-order valence-corrected chi connectivity index (χ1v) is 12.3. The topological polar surface area (TPSA) is 96.4 Å². The molecule has 0 aromatic carbocycles. The number of fused-ring (bicyclic) bond motifs is 1. The summed E-state index contributed by atoms with van der Waals surface area (Å²) in [5.74, 6) is -2.78. The van der Waals surface area contributed by atoms with Gasteiger partial charge in [-0.1, -0.05) is 26.0 Å². The second-order valence-corrected chi connectivity index (χ2v) is 10.6. The van der Waals surface area contributed by atoms with Gasteiger partial charge in [0.2, 0.25) is 11.8 Å². The number of ether oxygens (including phenoxy) is 2. The molecule has 8 heteroatoms. The van der Waals surface area contributed by atoms with Crippen molar-refractivity contribution >= 4 is 17.8 Å². The van der Waals surface area contributed by atoms with E-state index < -0.39 is 41.1 Å². The molecule has 0 aliphatic carbocycles. The summed E-state index contributed by atoms with van der Waals surface area (Å²) in [6.07, 6.45) is 4.87. The van der Waals surface area contributed by atoms with E-state index in [0.717, 1.165) is 0 Å². The maximum Gasteiger partial charge on any atom is 0.312 e. The van der Waals surface area contributed by atoms with Crippen LogP contribution in [0.1, 0.15) is 53.9 Å². The number of carbonyl (C=O) groups is 3. The number of esters is 1. The Morgan fingerprint density at radius 3 is 2.47 bits per heavy atom. The van der Waals surface area contributed by atoms with Gasteiger partial charge in [0.15, 0.2) is 0 Å². The standard InChI is InChI=1S/C26H40N2O6/c1-8-10-14-33-24(32)20-19-22(30)28(18(15-29)16(3)4)21(23(31)27(13-9-2)17(5)6)26(19)12-11-25(20,7)34-26/h8-9,16-21,29H,1-2,10-15H2,3-7H3/t18-,19-,20+,21?,25-,26?/m0/s1. The third-order valence-corrected chi connectivity index (χ3v) is 7.81. The van der Waals surface area contributed by atoms with Gasteiger partial charge in [0.05, 0.1) is 30.8 Å². The molecule has 8 nitrogen and oxygen atoms in total. The van der Waals surface area contributed by atoms with E-state index in [-0.39, 0.29) is 37.0 Å². The highest BCUT2D eigenvalue weighted by molar-refractivity contribution is 5.98. The van der Waals surface area contributed by atoms with E-state index in [1.807, 2.05) is 34.6 Å². The largest absolute Gasteiger partial charge is 0.465 e. The van der Waals surface area contributed by atoms with Gasteiger partial charge in [0, 0.05) is 12.6 Å². The number of amides is 2. The van der Waals surface area contributed by atoms with Gasteiger partial charge < -0.3 is 24.4 Å². The first-order chi connectivity index (χ1) is 16.0. The fourth-order valence-corrected chi connectivity index (χ4v) is 6.16. The number of likely N-dealkylation sites (tertiary alicyclic amines) is 1. The van der Waals surface area contributed by atoms with E-state index in [9.17, 15) is 19.5 Å². The minimum absolute atomic E-state index is 0.0999. The molecule has 2 bridgehead atoms. The number of aliphatic hydroxyl groups excluding tert-OH is 1. The molecule has 3 saturated heterocycles. The van der Waals surface area contributed by atoms with Gasteiger partial charge >= 0.3 is 5.97 Å². The monoisotopic (exact) mass is 476 g/mol. The first-order valence-electron chi connectivity index (χ1n) is 12.3. The Morgan fingerprint density at radius 2 is 1.94 bits per heavy atom. The van der Waals surface area contributed by atoms with Gasteiger partial charge in [-0.2, -0.15) is 0 Å². The number of hydrogen-bond acceptors (Lipinski definition) is 6. The fourth-order valence-electron chi connectivity index (χ4n) is 6.16. The zero-order valence-corrected chi connectivity index (χ0v) is 21.2. The van der Waals surface area contributed by atoms with Crippen LogP contribution in [0.4, 0.5) is 0 Å². The third kappa shape index (κ3) is 3.98. The molecule has 3 aliphatic rings. The summed E-state index contributed by atoms with van der Waals surface area (Å²) in [4.78, 5) is 44.6. The smallest absolute Gasteiger partial charge is 0.312 e. The number of nitrogens with zero attached hydrogens (tertiary/aromatic N) is 2. The zero-order valence-electron chi connectivity index (χ0n) is 21.2. The summed E-state index contributed by atoms with van der Waals surface area (Å²) in [6.45, 7) is 17.1. The normalized spacial score (nSPS) is 32.8. The van der Waals surface area contributed by atoms with E-state index in [2.05, 4.69) is 13.2 Å². The number of rotatable bonds is 11. The van der Waals surface area contributed by atoms with Gasteiger partial charge in [-0.05, 0) is 46.0 Å². The molecular formula is C26H40N2O6. The van der Waals surface area contributed by atoms with E-state index in [0.29, 0.717) is 25.8 Å². The van der Waals surface area contributed by atoms with Crippen LogP contribution in [0.15, 0.2) is 25.3 Å². The minimum Gasteiger partial charge on any atom is -0.465 e. The predicted octanol–water partition coefficient (Wildman–Crippen LogP) is 2.31. The van der Waals surface area contributed by atoms with Crippen molar-refractivity contribution < 1.29 is 29.0 Å². The first kappa shape index (κ1) is 26.4. The summed E-state index contributed by atoms with van der Waals surface area (Å²) in [5, 5.41) is 10.2. The zero-order chi connectivity index (χ0) is 25.4. The van der Waals surface area contributed by atoms with Crippen molar-refractivity contribution in [2.45, 2.75) is 83.2 Å². The molecule has 6 atom stereocenters. The van der Waals surface area contributed by atoms with Crippen LogP contribution in [0, 0.1) is 17.8 Å². The molecule has 2 unspecified atom stereocenters. The second kappa shape index (κ2) is 9.82. The van der Waals surface area contributed by atoms with E-state index >= 15 is 0 Å². The van der Waals surface area contributed by atoms with Gasteiger partial charge in [-0.3, -0.25) is 14.4 Å². The highest BCUT2D eigenvalue weighted by Gasteiger charge is 2.79. The van der Waals surface area contributed by atoms with E-state index in [4.69, 9.17) is 9.47 Å². The summed E-state index contributed by atoms with van der Waals surface area (Å²) in [6, 6.07) is -1.63. The summed E-state index contributed by atoms with van der Waals surface area (Å²) < 4.78 is 12.1. The molecule has 0 radical (unpaired) electrons. The van der Waals surface area contributed by atoms with Gasteiger partial charge in [0.25, 0.3) is 0 Å². The van der Waals surface area contributed by atoms with Crippen LogP contribution in [0.5, 0.6) is 0 Å². The molecule has 0 aromatic rings. The maximum absolute atomic E-state index is 14.1. The van der Waals surface area contributed by atoms with Gasteiger partial charge in [-0.25, -0.2) is 0 Å². The van der Waals surface area contributed by atoms with Crippen LogP contribution in [0.3, 0.4) is 0 Å². The van der Waals surface area contributed by atoms with E-state index in [1.54, 1.807) is 17.1 Å². The van der Waals surface area contributed by atoms with Crippen molar-refractivity contribution in [3.8, 4) is 0 Å².